The maximum absolute atomic E-state index is 12.7. The summed E-state index contributed by atoms with van der Waals surface area (Å²) in [4.78, 5) is 31.9. The molecule has 2 aliphatic rings. The van der Waals surface area contributed by atoms with Crippen LogP contribution in [0.4, 0.5) is 4.79 Å². The molecule has 114 valence electrons. The van der Waals surface area contributed by atoms with Crippen molar-refractivity contribution in [1.82, 2.24) is 14.8 Å². The van der Waals surface area contributed by atoms with Crippen LogP contribution in [0.2, 0.25) is 0 Å². The Kier molecular flexibility index (Phi) is 2.50. The molecular formula is C17H19N3O2. The smallest absolute Gasteiger partial charge is 0.328 e. The van der Waals surface area contributed by atoms with E-state index in [9.17, 15) is 9.59 Å². The Balaban J connectivity index is 1.79. The Morgan fingerprint density at radius 2 is 1.91 bits per heavy atom. The van der Waals surface area contributed by atoms with Gasteiger partial charge in [0.15, 0.2) is 0 Å². The van der Waals surface area contributed by atoms with Gasteiger partial charge >= 0.3 is 6.03 Å². The summed E-state index contributed by atoms with van der Waals surface area (Å²) in [6.07, 6.45) is 0.594. The van der Waals surface area contributed by atoms with Crippen molar-refractivity contribution >= 4 is 22.8 Å². The summed E-state index contributed by atoms with van der Waals surface area (Å²) in [6.45, 7) is 6.17. The third-order valence-electron chi connectivity index (χ3n) is 4.62. The summed E-state index contributed by atoms with van der Waals surface area (Å²) < 4.78 is 0. The summed E-state index contributed by atoms with van der Waals surface area (Å²) in [7, 11) is 0. The van der Waals surface area contributed by atoms with Crippen LogP contribution in [0, 0.1) is 0 Å². The van der Waals surface area contributed by atoms with Crippen LogP contribution in [-0.4, -0.2) is 38.3 Å². The topological polar surface area (TPSA) is 56.4 Å². The molecule has 1 aromatic heterocycles. The zero-order valence-electron chi connectivity index (χ0n) is 13.0. The number of carbonyl (C=O) groups excluding carboxylic acids is 2. The van der Waals surface area contributed by atoms with E-state index in [2.05, 4.69) is 11.1 Å². The number of fused-ring (bicyclic) bond motifs is 4. The highest BCUT2D eigenvalue weighted by Gasteiger charge is 2.51. The van der Waals surface area contributed by atoms with Gasteiger partial charge in [-0.3, -0.25) is 9.69 Å². The molecule has 3 heterocycles. The Morgan fingerprint density at radius 1 is 1.18 bits per heavy atom. The second-order valence-corrected chi connectivity index (χ2v) is 7.10. The summed E-state index contributed by atoms with van der Waals surface area (Å²) in [5, 5.41) is 1.16. The number of amides is 3. The van der Waals surface area contributed by atoms with Crippen molar-refractivity contribution in [1.29, 1.82) is 0 Å². The van der Waals surface area contributed by atoms with Crippen LogP contribution in [0.1, 0.15) is 32.0 Å². The molecule has 0 bridgehead atoms. The van der Waals surface area contributed by atoms with E-state index in [-0.39, 0.29) is 18.0 Å². The van der Waals surface area contributed by atoms with Gasteiger partial charge < -0.3 is 9.88 Å². The fourth-order valence-corrected chi connectivity index (χ4v) is 3.62. The van der Waals surface area contributed by atoms with Gasteiger partial charge in [0.1, 0.15) is 6.04 Å². The Bertz CT molecular complexity index is 800. The predicted molar refractivity (Wildman–Crippen MR) is 83.3 cm³/mol. The monoisotopic (exact) mass is 297 g/mol. The van der Waals surface area contributed by atoms with Crippen LogP contribution >= 0.6 is 0 Å². The van der Waals surface area contributed by atoms with Crippen molar-refractivity contribution in [2.45, 2.75) is 45.3 Å². The molecule has 2 aliphatic heterocycles. The number of urea groups is 1. The molecule has 1 aromatic carbocycles. The maximum Gasteiger partial charge on any atom is 0.328 e. The number of benzene rings is 1. The maximum atomic E-state index is 12.7. The van der Waals surface area contributed by atoms with Crippen molar-refractivity contribution < 1.29 is 9.59 Å². The largest absolute Gasteiger partial charge is 0.357 e. The molecule has 5 heteroatoms. The molecular weight excluding hydrogens is 278 g/mol. The molecule has 1 N–H and O–H groups in total. The first-order valence-electron chi connectivity index (χ1n) is 7.61. The molecule has 2 aromatic rings. The van der Waals surface area contributed by atoms with Crippen LogP contribution in [0.15, 0.2) is 24.3 Å². The number of hydrogen-bond acceptors (Lipinski definition) is 2. The van der Waals surface area contributed by atoms with Gasteiger partial charge in [-0.15, -0.1) is 0 Å². The second-order valence-electron chi connectivity index (χ2n) is 7.10. The number of carbonyl (C=O) groups is 2. The molecule has 4 rings (SSSR count). The van der Waals surface area contributed by atoms with Crippen molar-refractivity contribution in [3.05, 3.63) is 35.5 Å². The van der Waals surface area contributed by atoms with Gasteiger partial charge in [0.2, 0.25) is 0 Å². The third-order valence-corrected chi connectivity index (χ3v) is 4.62. The van der Waals surface area contributed by atoms with Crippen molar-refractivity contribution in [3.63, 3.8) is 0 Å². The molecule has 0 aliphatic carbocycles. The van der Waals surface area contributed by atoms with E-state index in [1.54, 1.807) is 4.90 Å². The van der Waals surface area contributed by atoms with Gasteiger partial charge in [0.25, 0.3) is 5.91 Å². The summed E-state index contributed by atoms with van der Waals surface area (Å²) in [6, 6.07) is 7.56. The summed E-state index contributed by atoms with van der Waals surface area (Å²) in [5.41, 5.74) is 2.81. The van der Waals surface area contributed by atoms with Gasteiger partial charge in [0, 0.05) is 28.6 Å². The summed E-state index contributed by atoms with van der Waals surface area (Å²) in [5.74, 6) is -0.0755. The molecule has 0 radical (unpaired) electrons. The molecule has 22 heavy (non-hydrogen) atoms. The van der Waals surface area contributed by atoms with Crippen molar-refractivity contribution in [2.75, 3.05) is 0 Å². The molecule has 0 spiro atoms. The van der Waals surface area contributed by atoms with Gasteiger partial charge in [-0.1, -0.05) is 18.2 Å². The number of H-pyrrole nitrogens is 1. The quantitative estimate of drug-likeness (QED) is 0.760. The Hall–Kier alpha value is -2.30. The van der Waals surface area contributed by atoms with Crippen LogP contribution in [-0.2, 0) is 17.8 Å². The highest BCUT2D eigenvalue weighted by molar-refractivity contribution is 6.05. The Labute approximate surface area is 128 Å². The Morgan fingerprint density at radius 3 is 2.64 bits per heavy atom. The van der Waals surface area contributed by atoms with Crippen LogP contribution in [0.5, 0.6) is 0 Å². The van der Waals surface area contributed by atoms with Gasteiger partial charge in [-0.05, 0) is 32.4 Å². The first-order chi connectivity index (χ1) is 10.4. The number of rotatable bonds is 0. The minimum absolute atomic E-state index is 0.0755. The van der Waals surface area contributed by atoms with Gasteiger partial charge in [-0.2, -0.15) is 0 Å². The SMILES string of the molecule is CC(C)(C)N1C(=O)C2Cc3c([nH]c4ccccc34)CN2C1=O. The van der Waals surface area contributed by atoms with Gasteiger partial charge in [-0.25, -0.2) is 4.79 Å². The minimum atomic E-state index is -0.485. The van der Waals surface area contributed by atoms with Crippen molar-refractivity contribution in [2.24, 2.45) is 0 Å². The number of hydrogen-bond donors (Lipinski definition) is 1. The van der Waals surface area contributed by atoms with E-state index in [1.165, 1.54) is 10.5 Å². The van der Waals surface area contributed by atoms with Crippen LogP contribution in [0.25, 0.3) is 10.9 Å². The lowest BCUT2D eigenvalue weighted by Crippen LogP contribution is -2.46. The molecule has 1 unspecified atom stereocenters. The highest BCUT2D eigenvalue weighted by atomic mass is 16.2. The lowest BCUT2D eigenvalue weighted by molar-refractivity contribution is -0.131. The minimum Gasteiger partial charge on any atom is -0.357 e. The number of aromatic nitrogens is 1. The third kappa shape index (κ3) is 1.65. The zero-order chi connectivity index (χ0) is 15.6. The average molecular weight is 297 g/mol. The molecule has 3 amide bonds. The molecule has 1 atom stereocenters. The van der Waals surface area contributed by atoms with E-state index >= 15 is 0 Å². The van der Waals surface area contributed by atoms with Crippen LogP contribution in [0.3, 0.4) is 0 Å². The van der Waals surface area contributed by atoms with E-state index in [1.807, 2.05) is 39.0 Å². The number of imide groups is 1. The van der Waals surface area contributed by atoms with E-state index in [0.29, 0.717) is 13.0 Å². The number of para-hydroxylation sites is 1. The van der Waals surface area contributed by atoms with Crippen molar-refractivity contribution in [3.8, 4) is 0 Å². The molecule has 0 saturated carbocycles. The fraction of sp³-hybridized carbons (Fsp3) is 0.412. The molecule has 1 fully saturated rings. The summed E-state index contributed by atoms with van der Waals surface area (Å²) >= 11 is 0. The molecule has 1 saturated heterocycles. The van der Waals surface area contributed by atoms with E-state index in [0.717, 1.165) is 16.6 Å². The first kappa shape index (κ1) is 13.4. The number of nitrogens with zero attached hydrogens (tertiary/aromatic N) is 2. The lowest BCUT2D eigenvalue weighted by Gasteiger charge is -2.29. The predicted octanol–water partition coefficient (Wildman–Crippen LogP) is 2.66. The van der Waals surface area contributed by atoms with Gasteiger partial charge in [0.05, 0.1) is 6.54 Å². The average Bonchev–Trinajstić information content (AvgIpc) is 2.92. The van der Waals surface area contributed by atoms with E-state index < -0.39 is 5.54 Å². The van der Waals surface area contributed by atoms with Crippen LogP contribution < -0.4 is 0 Å². The first-order valence-corrected chi connectivity index (χ1v) is 7.61. The zero-order valence-corrected chi connectivity index (χ0v) is 13.0. The molecule has 5 nitrogen and oxygen atoms in total. The second kappa shape index (κ2) is 4.12. The fourth-order valence-electron chi connectivity index (χ4n) is 3.62. The highest BCUT2D eigenvalue weighted by Crippen LogP contribution is 2.36. The lowest BCUT2D eigenvalue weighted by atomic mass is 9.97. The number of aromatic amines is 1. The number of nitrogens with one attached hydrogen (secondary N) is 1. The normalized spacial score (nSPS) is 21.5. The van der Waals surface area contributed by atoms with E-state index in [4.69, 9.17) is 0 Å². The standard InChI is InChI=1S/C17H19N3O2/c1-17(2,3)20-15(21)14-8-11-10-6-4-5-7-12(10)18-13(11)9-19(14)16(20)22/h4-7,14,18H,8-9H2,1-3H3.